The smallest absolute Gasteiger partial charge is 0.247 e. The quantitative estimate of drug-likeness (QED) is 0.122. The number of phenols is 1. The molecule has 0 radical (unpaired) electrons. The molecule has 1 amide bonds. The first-order chi connectivity index (χ1) is 22.6. The number of oxime groups is 1. The number of carbonyl (C=O) groups excluding carboxylic acids is 1. The summed E-state index contributed by atoms with van der Waals surface area (Å²) in [6, 6.07) is 8.77. The third-order valence-electron chi connectivity index (χ3n) is 8.42. The van der Waals surface area contributed by atoms with E-state index in [1.54, 1.807) is 13.0 Å². The average Bonchev–Trinajstić information content (AvgIpc) is 3.70. The second-order valence-corrected chi connectivity index (χ2v) is 11.8. The molecule has 2 saturated heterocycles. The van der Waals surface area contributed by atoms with E-state index in [4.69, 9.17) is 33.3 Å². The van der Waals surface area contributed by atoms with Gasteiger partial charge in [-0.2, -0.15) is 0 Å². The molecule has 254 valence electrons. The largest absolute Gasteiger partial charge is 0.504 e. The number of hydrogen-bond acceptors (Lipinski definition) is 14. The predicted molar refractivity (Wildman–Crippen MR) is 162 cm³/mol. The summed E-state index contributed by atoms with van der Waals surface area (Å²) in [7, 11) is 0. The van der Waals surface area contributed by atoms with Crippen molar-refractivity contribution in [2.75, 3.05) is 20.0 Å². The third kappa shape index (κ3) is 7.16. The fraction of sp³-hybridized carbons (Fsp3) is 0.500. The molecule has 0 spiro atoms. The highest BCUT2D eigenvalue weighted by atomic mass is 16.7. The van der Waals surface area contributed by atoms with Crippen molar-refractivity contribution in [2.45, 2.75) is 81.9 Å². The van der Waals surface area contributed by atoms with Gasteiger partial charge in [-0.1, -0.05) is 17.3 Å². The van der Waals surface area contributed by atoms with Crippen molar-refractivity contribution in [3.63, 3.8) is 0 Å². The summed E-state index contributed by atoms with van der Waals surface area (Å²) in [5.74, 6) is 0.586. The van der Waals surface area contributed by atoms with Gasteiger partial charge >= 0.3 is 0 Å². The maximum absolute atomic E-state index is 12.9. The number of benzene rings is 2. The molecule has 1 aliphatic carbocycles. The van der Waals surface area contributed by atoms with Gasteiger partial charge < -0.3 is 64.1 Å². The highest BCUT2D eigenvalue weighted by molar-refractivity contribution is 5.97. The fourth-order valence-electron chi connectivity index (χ4n) is 5.92. The molecule has 15 heteroatoms. The Hall–Kier alpha value is -3.96. The molecule has 47 heavy (non-hydrogen) atoms. The Bertz CT molecular complexity index is 1520. The highest BCUT2D eigenvalue weighted by Crippen LogP contribution is 2.34. The minimum absolute atomic E-state index is 0.0994. The van der Waals surface area contributed by atoms with Crippen LogP contribution in [-0.2, 0) is 30.4 Å². The van der Waals surface area contributed by atoms with Crippen LogP contribution in [0, 0.1) is 0 Å². The van der Waals surface area contributed by atoms with E-state index in [1.807, 2.05) is 18.2 Å². The van der Waals surface area contributed by atoms with Crippen molar-refractivity contribution < 1.29 is 63.6 Å². The number of aliphatic hydroxyl groups is 4. The predicted octanol–water partition coefficient (Wildman–Crippen LogP) is 0.337. The molecule has 6 N–H and O–H groups in total. The minimum atomic E-state index is -1.48. The van der Waals surface area contributed by atoms with Crippen molar-refractivity contribution >= 4 is 17.7 Å². The van der Waals surface area contributed by atoms with Crippen molar-refractivity contribution in [1.29, 1.82) is 0 Å². The van der Waals surface area contributed by atoms with Gasteiger partial charge in [0, 0.05) is 12.0 Å². The lowest BCUT2D eigenvalue weighted by atomic mass is 9.83. The molecular weight excluding hydrogens is 620 g/mol. The van der Waals surface area contributed by atoms with Gasteiger partial charge in [0.25, 0.3) is 0 Å². The van der Waals surface area contributed by atoms with Crippen LogP contribution < -0.4 is 19.5 Å². The van der Waals surface area contributed by atoms with Gasteiger partial charge in [-0.15, -0.1) is 0 Å². The van der Waals surface area contributed by atoms with Crippen LogP contribution in [0.5, 0.6) is 23.0 Å². The van der Waals surface area contributed by atoms with Crippen molar-refractivity contribution in [3.05, 3.63) is 53.1 Å². The van der Waals surface area contributed by atoms with Gasteiger partial charge in [0.1, 0.15) is 63.2 Å². The Kier molecular flexibility index (Phi) is 9.84. The van der Waals surface area contributed by atoms with Crippen LogP contribution in [0.2, 0.25) is 0 Å². The number of rotatable bonds is 9. The van der Waals surface area contributed by atoms with Gasteiger partial charge in [0.05, 0.1) is 17.9 Å². The van der Waals surface area contributed by atoms with Crippen molar-refractivity contribution in [2.24, 2.45) is 5.16 Å². The zero-order chi connectivity index (χ0) is 33.2. The molecule has 4 aliphatic rings. The van der Waals surface area contributed by atoms with E-state index in [2.05, 4.69) is 10.5 Å². The molecule has 15 nitrogen and oxygen atoms in total. The summed E-state index contributed by atoms with van der Waals surface area (Å²) in [5.41, 5.74) is 1.90. The van der Waals surface area contributed by atoms with E-state index >= 15 is 0 Å². The molecule has 3 fully saturated rings. The summed E-state index contributed by atoms with van der Waals surface area (Å²) in [4.78, 5) is 18.4. The first-order valence-electron chi connectivity index (χ1n) is 15.2. The molecule has 9 atom stereocenters. The van der Waals surface area contributed by atoms with Gasteiger partial charge in [-0.05, 0) is 55.3 Å². The Labute approximate surface area is 269 Å². The van der Waals surface area contributed by atoms with Crippen LogP contribution in [0.4, 0.5) is 0 Å². The molecule has 6 rings (SSSR count). The van der Waals surface area contributed by atoms with E-state index in [0.29, 0.717) is 36.0 Å². The van der Waals surface area contributed by atoms with E-state index in [1.165, 1.54) is 25.1 Å². The normalized spacial score (nSPS) is 32.1. The second kappa shape index (κ2) is 14.0. The van der Waals surface area contributed by atoms with Crippen LogP contribution in [0.25, 0.3) is 6.08 Å². The molecular formula is C32H38N2O13. The van der Waals surface area contributed by atoms with Crippen LogP contribution in [0.1, 0.15) is 31.4 Å². The lowest BCUT2D eigenvalue weighted by Crippen LogP contribution is -2.67. The minimum Gasteiger partial charge on any atom is -0.504 e. The summed E-state index contributed by atoms with van der Waals surface area (Å²) in [5, 5.41) is 59.3. The van der Waals surface area contributed by atoms with Gasteiger partial charge in [-0.25, -0.2) is 0 Å². The molecule has 3 heterocycles. The van der Waals surface area contributed by atoms with Gasteiger partial charge in [0.15, 0.2) is 23.0 Å². The zero-order valence-electron chi connectivity index (χ0n) is 25.7. The molecule has 0 unspecified atom stereocenters. The number of amides is 1. The summed E-state index contributed by atoms with van der Waals surface area (Å²) in [6.45, 7) is 4.21. The summed E-state index contributed by atoms with van der Waals surface area (Å²) >= 11 is 0. The SMILES string of the molecule is C/C(=N/OCc1ccc2c(c1)OCCO2)[C@H]1O[C@@H](Oc2ccc(/C=C(\C)C(=O)N[C@@H]3[C@H](O)[C@@H](O)[C@H]4OCO[C@H]4[C@@H]3O)cc2O)C[C@@H]1O. The maximum Gasteiger partial charge on any atom is 0.247 e. The number of carbonyl (C=O) groups is 1. The molecule has 2 aromatic rings. The van der Waals surface area contributed by atoms with E-state index in [0.717, 1.165) is 5.56 Å². The van der Waals surface area contributed by atoms with Crippen molar-refractivity contribution in [3.8, 4) is 23.0 Å². The van der Waals surface area contributed by atoms with Crippen LogP contribution in [0.15, 0.2) is 47.1 Å². The molecule has 0 bridgehead atoms. The van der Waals surface area contributed by atoms with Gasteiger partial charge in [0.2, 0.25) is 12.2 Å². The molecule has 1 saturated carbocycles. The topological polar surface area (TPSA) is 207 Å². The number of aromatic hydroxyl groups is 1. The standard InChI is InChI=1S/C32H38N2O13/c1-15(32(40)33-25-26(37)28(39)31-30(27(25)38)43-14-44-31)9-17-3-5-21(19(35)10-17)46-24-12-20(36)29(47-24)16(2)34-45-13-18-4-6-22-23(11-18)42-8-7-41-22/h3-6,9-11,20,24-31,35-39H,7-8,12-14H2,1-2H3,(H,33,40)/b15-9+,34-16-/t20-,24+,25+,26-,27+,28+,29+,30-,31+/m0/s1. The first kappa shape index (κ1) is 33.0. The molecule has 3 aliphatic heterocycles. The Morgan fingerprint density at radius 1 is 0.979 bits per heavy atom. The average molecular weight is 659 g/mol. The van der Waals surface area contributed by atoms with Crippen LogP contribution in [0.3, 0.4) is 0 Å². The van der Waals surface area contributed by atoms with Crippen LogP contribution >= 0.6 is 0 Å². The zero-order valence-corrected chi connectivity index (χ0v) is 25.7. The number of fused-ring (bicyclic) bond motifs is 2. The summed E-state index contributed by atoms with van der Waals surface area (Å²) < 4.78 is 33.3. The second-order valence-electron chi connectivity index (χ2n) is 11.8. The lowest BCUT2D eigenvalue weighted by molar-refractivity contribution is -0.155. The Balaban J connectivity index is 1.01. The number of nitrogens with one attached hydrogen (secondary N) is 1. The van der Waals surface area contributed by atoms with E-state index in [9.17, 15) is 30.3 Å². The highest BCUT2D eigenvalue weighted by Gasteiger charge is 2.53. The lowest BCUT2D eigenvalue weighted by Gasteiger charge is -2.41. The molecule has 2 aromatic carbocycles. The number of aliphatic hydroxyl groups excluding tert-OH is 4. The van der Waals surface area contributed by atoms with E-state index in [-0.39, 0.29) is 36.9 Å². The Morgan fingerprint density at radius 2 is 1.72 bits per heavy atom. The monoisotopic (exact) mass is 658 g/mol. The van der Waals surface area contributed by atoms with E-state index < -0.39 is 61.0 Å². The fourth-order valence-corrected chi connectivity index (χ4v) is 5.92. The number of nitrogens with zero attached hydrogens (tertiary/aromatic N) is 1. The third-order valence-corrected chi connectivity index (χ3v) is 8.42. The van der Waals surface area contributed by atoms with Gasteiger partial charge in [-0.3, -0.25) is 4.79 Å². The number of ether oxygens (including phenoxy) is 6. The van der Waals surface area contributed by atoms with Crippen LogP contribution in [-0.4, -0.2) is 112 Å². The Morgan fingerprint density at radius 3 is 2.49 bits per heavy atom. The van der Waals surface area contributed by atoms with Crippen molar-refractivity contribution in [1.82, 2.24) is 5.32 Å². The maximum atomic E-state index is 12.9. The first-order valence-corrected chi connectivity index (χ1v) is 15.2. The number of phenolic OH excluding ortho intramolecular Hbond substituents is 1. The summed E-state index contributed by atoms with van der Waals surface area (Å²) in [6.07, 6.45) is -6.91. The number of hydrogen-bond donors (Lipinski definition) is 6. The molecule has 0 aromatic heterocycles.